The van der Waals surface area contributed by atoms with Crippen LogP contribution in [0.25, 0.3) is 0 Å². The van der Waals surface area contributed by atoms with Gasteiger partial charge in [-0.2, -0.15) is 0 Å². The summed E-state index contributed by atoms with van der Waals surface area (Å²) in [5, 5.41) is 9.21. The van der Waals surface area contributed by atoms with Gasteiger partial charge in [0.15, 0.2) is 0 Å². The van der Waals surface area contributed by atoms with E-state index in [9.17, 15) is 23.1 Å². The van der Waals surface area contributed by atoms with E-state index in [1.807, 2.05) is 0 Å². The number of hydrogen-bond acceptors (Lipinski definition) is 5. The average Bonchev–Trinajstić information content (AvgIpc) is 2.84. The Morgan fingerprint density at radius 3 is 2.37 bits per heavy atom. The summed E-state index contributed by atoms with van der Waals surface area (Å²) < 4.78 is 30.0. The molecule has 0 aromatic rings. The lowest BCUT2D eigenvalue weighted by Crippen LogP contribution is -2.42. The third kappa shape index (κ3) is 4.46. The molecular formula is C11H19NO6S. The molecule has 0 aliphatic heterocycles. The monoisotopic (exact) mass is 293 g/mol. The van der Waals surface area contributed by atoms with Gasteiger partial charge >= 0.3 is 11.9 Å². The summed E-state index contributed by atoms with van der Waals surface area (Å²) in [5.41, 5.74) is -1.00. The fourth-order valence-corrected chi connectivity index (χ4v) is 3.23. The van der Waals surface area contributed by atoms with E-state index >= 15 is 0 Å². The van der Waals surface area contributed by atoms with Gasteiger partial charge in [0, 0.05) is 6.54 Å². The molecule has 8 heteroatoms. The zero-order valence-corrected chi connectivity index (χ0v) is 11.7. The molecule has 0 radical (unpaired) electrons. The quantitative estimate of drug-likeness (QED) is 0.645. The Kier molecular flexibility index (Phi) is 5.30. The van der Waals surface area contributed by atoms with Crippen LogP contribution in [0.5, 0.6) is 0 Å². The molecule has 0 atom stereocenters. The smallest absolute Gasteiger partial charge is 0.310 e. The molecule has 7 nitrogen and oxygen atoms in total. The summed E-state index contributed by atoms with van der Waals surface area (Å²) in [6.45, 7) is -0.119. The number of carbonyl (C=O) groups excluding carboxylic acids is 1. The number of carbonyl (C=O) groups is 2. The topological polar surface area (TPSA) is 110 Å². The van der Waals surface area contributed by atoms with Crippen LogP contribution >= 0.6 is 0 Å². The zero-order chi connectivity index (χ0) is 14.5. The van der Waals surface area contributed by atoms with E-state index in [0.29, 0.717) is 12.8 Å². The highest BCUT2D eigenvalue weighted by atomic mass is 32.2. The van der Waals surface area contributed by atoms with Crippen LogP contribution in [0.15, 0.2) is 0 Å². The Morgan fingerprint density at radius 2 is 1.89 bits per heavy atom. The molecule has 0 unspecified atom stereocenters. The lowest BCUT2D eigenvalue weighted by Gasteiger charge is -2.23. The van der Waals surface area contributed by atoms with E-state index in [1.54, 1.807) is 0 Å². The first-order chi connectivity index (χ1) is 8.81. The molecule has 1 aliphatic rings. The van der Waals surface area contributed by atoms with Gasteiger partial charge in [-0.15, -0.1) is 0 Å². The molecule has 0 saturated heterocycles. The minimum Gasteiger partial charge on any atom is -0.481 e. The first kappa shape index (κ1) is 15.9. The third-order valence-corrected chi connectivity index (χ3v) is 4.77. The van der Waals surface area contributed by atoms with E-state index < -0.39 is 33.1 Å². The number of aliphatic carboxylic acids is 1. The molecule has 110 valence electrons. The standard InChI is InChI=1S/C11H19NO6S/c1-18-9(13)4-7-19(16,17)12-8-11(10(14)15)5-2-3-6-11/h12H,2-8H2,1H3,(H,14,15). The molecule has 0 heterocycles. The Bertz CT molecular complexity index is 438. The molecule has 1 saturated carbocycles. The normalized spacial score (nSPS) is 18.2. The summed E-state index contributed by atoms with van der Waals surface area (Å²) in [4.78, 5) is 22.1. The van der Waals surface area contributed by atoms with Crippen molar-refractivity contribution in [2.75, 3.05) is 19.4 Å². The molecule has 19 heavy (non-hydrogen) atoms. The van der Waals surface area contributed by atoms with Gasteiger partial charge in [-0.25, -0.2) is 13.1 Å². The zero-order valence-electron chi connectivity index (χ0n) is 10.8. The minimum absolute atomic E-state index is 0.119. The van der Waals surface area contributed by atoms with E-state index in [1.165, 1.54) is 7.11 Å². The number of carboxylic acid groups (broad SMARTS) is 1. The highest BCUT2D eigenvalue weighted by Gasteiger charge is 2.41. The molecule has 0 aromatic heterocycles. The van der Waals surface area contributed by atoms with Crippen LogP contribution in [0.2, 0.25) is 0 Å². The molecule has 1 aliphatic carbocycles. The highest BCUT2D eigenvalue weighted by molar-refractivity contribution is 7.89. The van der Waals surface area contributed by atoms with Gasteiger partial charge in [-0.05, 0) is 12.8 Å². The van der Waals surface area contributed by atoms with E-state index in [0.717, 1.165) is 12.8 Å². The number of sulfonamides is 1. The van der Waals surface area contributed by atoms with Crippen LogP contribution in [0.3, 0.4) is 0 Å². The minimum atomic E-state index is -3.66. The fraction of sp³-hybridized carbons (Fsp3) is 0.818. The average molecular weight is 293 g/mol. The maximum atomic E-state index is 11.7. The largest absolute Gasteiger partial charge is 0.481 e. The third-order valence-electron chi connectivity index (χ3n) is 3.45. The molecule has 0 aromatic carbocycles. The molecule has 1 fully saturated rings. The van der Waals surface area contributed by atoms with Crippen LogP contribution in [-0.2, 0) is 24.3 Å². The molecule has 1 rings (SSSR count). The Balaban J connectivity index is 2.54. The number of ether oxygens (including phenoxy) is 1. The second-order valence-electron chi connectivity index (χ2n) is 4.76. The van der Waals surface area contributed by atoms with Gasteiger partial charge in [0.05, 0.1) is 24.7 Å². The van der Waals surface area contributed by atoms with Crippen molar-refractivity contribution in [2.24, 2.45) is 5.41 Å². The van der Waals surface area contributed by atoms with Gasteiger partial charge in [-0.3, -0.25) is 9.59 Å². The summed E-state index contributed by atoms with van der Waals surface area (Å²) in [7, 11) is -2.48. The first-order valence-corrected chi connectivity index (χ1v) is 7.74. The van der Waals surface area contributed by atoms with Crippen molar-refractivity contribution in [3.63, 3.8) is 0 Å². The number of carboxylic acids is 1. The van der Waals surface area contributed by atoms with Crippen LogP contribution < -0.4 is 4.72 Å². The maximum Gasteiger partial charge on any atom is 0.310 e. The second kappa shape index (κ2) is 6.33. The lowest BCUT2D eigenvalue weighted by molar-refractivity contribution is -0.148. The number of hydrogen-bond donors (Lipinski definition) is 2. The summed E-state index contributed by atoms with van der Waals surface area (Å²) in [5.74, 6) is -1.98. The van der Waals surface area contributed by atoms with Gasteiger partial charge in [0.2, 0.25) is 10.0 Å². The predicted octanol–water partition coefficient (Wildman–Crippen LogP) is 0.114. The Labute approximate surface area is 112 Å². The molecule has 0 spiro atoms. The Hall–Kier alpha value is -1.15. The van der Waals surface area contributed by atoms with Crippen LogP contribution in [-0.4, -0.2) is 44.9 Å². The van der Waals surface area contributed by atoms with Crippen molar-refractivity contribution in [3.05, 3.63) is 0 Å². The molecule has 2 N–H and O–H groups in total. The van der Waals surface area contributed by atoms with Gasteiger partial charge in [0.1, 0.15) is 0 Å². The van der Waals surface area contributed by atoms with Crippen LogP contribution in [0, 0.1) is 5.41 Å². The van der Waals surface area contributed by atoms with Crippen LogP contribution in [0.1, 0.15) is 32.1 Å². The summed E-state index contributed by atoms with van der Waals surface area (Å²) in [6, 6.07) is 0. The lowest BCUT2D eigenvalue weighted by atomic mass is 9.87. The van der Waals surface area contributed by atoms with Crippen LogP contribution in [0.4, 0.5) is 0 Å². The number of esters is 1. The SMILES string of the molecule is COC(=O)CCS(=O)(=O)NCC1(C(=O)O)CCCC1. The van der Waals surface area contributed by atoms with Gasteiger partial charge in [-0.1, -0.05) is 12.8 Å². The van der Waals surface area contributed by atoms with Crippen molar-refractivity contribution in [3.8, 4) is 0 Å². The van der Waals surface area contributed by atoms with Crippen molar-refractivity contribution in [2.45, 2.75) is 32.1 Å². The van der Waals surface area contributed by atoms with Crippen molar-refractivity contribution >= 4 is 22.0 Å². The van der Waals surface area contributed by atoms with Gasteiger partial charge < -0.3 is 9.84 Å². The Morgan fingerprint density at radius 1 is 1.32 bits per heavy atom. The second-order valence-corrected chi connectivity index (χ2v) is 6.69. The van der Waals surface area contributed by atoms with E-state index in [4.69, 9.17) is 0 Å². The molecular weight excluding hydrogens is 274 g/mol. The van der Waals surface area contributed by atoms with Gasteiger partial charge in [0.25, 0.3) is 0 Å². The molecule has 0 amide bonds. The summed E-state index contributed by atoms with van der Waals surface area (Å²) >= 11 is 0. The maximum absolute atomic E-state index is 11.7. The van der Waals surface area contributed by atoms with E-state index in [-0.39, 0.29) is 13.0 Å². The van der Waals surface area contributed by atoms with Crippen molar-refractivity contribution in [1.82, 2.24) is 4.72 Å². The number of nitrogens with one attached hydrogen (secondary N) is 1. The fourth-order valence-electron chi connectivity index (χ4n) is 2.16. The predicted molar refractivity (Wildman–Crippen MR) is 67.0 cm³/mol. The summed E-state index contributed by atoms with van der Waals surface area (Å²) in [6.07, 6.45) is 2.28. The first-order valence-electron chi connectivity index (χ1n) is 6.09. The van der Waals surface area contributed by atoms with Crippen molar-refractivity contribution < 1.29 is 27.9 Å². The number of methoxy groups -OCH3 is 1. The number of rotatable bonds is 7. The highest BCUT2D eigenvalue weighted by Crippen LogP contribution is 2.37. The van der Waals surface area contributed by atoms with Crippen molar-refractivity contribution in [1.29, 1.82) is 0 Å². The van der Waals surface area contributed by atoms with E-state index in [2.05, 4.69) is 9.46 Å². The molecule has 0 bridgehead atoms.